The number of hydrogen-bond donors (Lipinski definition) is 0. The van der Waals surface area contributed by atoms with Crippen molar-refractivity contribution in [3.05, 3.63) is 25.0 Å². The Balaban J connectivity index is 2.15. The predicted molar refractivity (Wildman–Crippen MR) is 75.5 cm³/mol. The van der Waals surface area contributed by atoms with Crippen molar-refractivity contribution in [2.45, 2.75) is 38.1 Å². The maximum Gasteiger partial charge on any atom is 0.110 e. The second-order valence-corrected chi connectivity index (χ2v) is 5.64. The molecule has 1 spiro atoms. The van der Waals surface area contributed by atoms with E-state index in [0.717, 1.165) is 5.04 Å². The van der Waals surface area contributed by atoms with Crippen LogP contribution in [-0.2, 0) is 4.74 Å². The summed E-state index contributed by atoms with van der Waals surface area (Å²) in [6.07, 6.45) is 14.7. The van der Waals surface area contributed by atoms with Gasteiger partial charge < -0.3 is 4.74 Å². The molecule has 1 heterocycles. The number of aliphatic imine (C=N–C) groups is 1. The molecule has 0 N–H and O–H groups in total. The summed E-state index contributed by atoms with van der Waals surface area (Å²) in [6.45, 7) is 4.29. The quantitative estimate of drug-likeness (QED) is 0.712. The Morgan fingerprint density at radius 1 is 1.53 bits per heavy atom. The van der Waals surface area contributed by atoms with Crippen molar-refractivity contribution in [2.24, 2.45) is 10.4 Å². The molecule has 0 bridgehead atoms. The smallest absolute Gasteiger partial charge is 0.110 e. The van der Waals surface area contributed by atoms with Crippen LogP contribution in [0.25, 0.3) is 0 Å². The number of nitrogens with zero attached hydrogens (tertiary/aromatic N) is 1. The molecule has 0 aromatic heterocycles. The summed E-state index contributed by atoms with van der Waals surface area (Å²) in [7, 11) is 0. The Labute approximate surface area is 108 Å². The standard InChI is InChI=1S/C14H21NOS/c1-3-16-11-12-14(8-5-4-6-9-14)10-7-13(15-12)17-2/h3,7,10,12H,1,4-6,8-9,11H2,2H3. The van der Waals surface area contributed by atoms with E-state index in [1.165, 1.54) is 38.4 Å². The highest BCUT2D eigenvalue weighted by molar-refractivity contribution is 8.13. The van der Waals surface area contributed by atoms with Gasteiger partial charge in [0.05, 0.1) is 17.3 Å². The fourth-order valence-electron chi connectivity index (χ4n) is 2.87. The third-order valence-corrected chi connectivity index (χ3v) is 4.53. The first-order valence-electron chi connectivity index (χ1n) is 6.34. The molecule has 1 atom stereocenters. The van der Waals surface area contributed by atoms with Gasteiger partial charge in [0.15, 0.2) is 0 Å². The topological polar surface area (TPSA) is 21.6 Å². The summed E-state index contributed by atoms with van der Waals surface area (Å²) in [5, 5.41) is 1.12. The lowest BCUT2D eigenvalue weighted by atomic mass is 9.68. The normalized spacial score (nSPS) is 26.6. The first kappa shape index (κ1) is 12.7. The van der Waals surface area contributed by atoms with Crippen LogP contribution in [0.1, 0.15) is 32.1 Å². The van der Waals surface area contributed by atoms with Crippen molar-refractivity contribution in [3.8, 4) is 0 Å². The molecule has 0 aromatic rings. The zero-order valence-electron chi connectivity index (χ0n) is 10.5. The molecule has 0 amide bonds. The van der Waals surface area contributed by atoms with Gasteiger partial charge >= 0.3 is 0 Å². The van der Waals surface area contributed by atoms with E-state index < -0.39 is 0 Å². The molecule has 1 aliphatic heterocycles. The summed E-state index contributed by atoms with van der Waals surface area (Å²) < 4.78 is 5.41. The van der Waals surface area contributed by atoms with Crippen LogP contribution in [0.2, 0.25) is 0 Å². The van der Waals surface area contributed by atoms with Gasteiger partial charge in [-0.15, -0.1) is 11.8 Å². The van der Waals surface area contributed by atoms with Gasteiger partial charge in [0, 0.05) is 5.41 Å². The molecule has 17 heavy (non-hydrogen) atoms. The summed E-state index contributed by atoms with van der Waals surface area (Å²) >= 11 is 1.71. The van der Waals surface area contributed by atoms with Crippen molar-refractivity contribution in [1.29, 1.82) is 0 Å². The lowest BCUT2D eigenvalue weighted by Crippen LogP contribution is -2.39. The predicted octanol–water partition coefficient (Wildman–Crippen LogP) is 3.80. The number of thioether (sulfide) groups is 1. The molecule has 1 unspecified atom stereocenters. The Kier molecular flexibility index (Phi) is 4.32. The van der Waals surface area contributed by atoms with E-state index in [9.17, 15) is 0 Å². The molecule has 1 saturated carbocycles. The second kappa shape index (κ2) is 5.76. The molecule has 94 valence electrons. The molecule has 0 saturated heterocycles. The minimum Gasteiger partial charge on any atom is -0.500 e. The monoisotopic (exact) mass is 251 g/mol. The maximum absolute atomic E-state index is 5.41. The minimum absolute atomic E-state index is 0.250. The van der Waals surface area contributed by atoms with Crippen LogP contribution in [0.4, 0.5) is 0 Å². The molecule has 1 fully saturated rings. The van der Waals surface area contributed by atoms with Gasteiger partial charge in [-0.1, -0.05) is 31.9 Å². The molecule has 1 aliphatic carbocycles. The van der Waals surface area contributed by atoms with Crippen molar-refractivity contribution in [3.63, 3.8) is 0 Å². The van der Waals surface area contributed by atoms with Crippen LogP contribution < -0.4 is 0 Å². The summed E-state index contributed by atoms with van der Waals surface area (Å²) in [4.78, 5) is 4.83. The van der Waals surface area contributed by atoms with Crippen LogP contribution in [0.3, 0.4) is 0 Å². The molecule has 2 nitrogen and oxygen atoms in total. The Hall–Kier alpha value is -0.700. The fourth-order valence-corrected chi connectivity index (χ4v) is 3.30. The van der Waals surface area contributed by atoms with Crippen LogP contribution in [-0.4, -0.2) is 23.9 Å². The minimum atomic E-state index is 0.250. The first-order valence-corrected chi connectivity index (χ1v) is 7.57. The first-order chi connectivity index (χ1) is 8.30. The molecular weight excluding hydrogens is 230 g/mol. The highest BCUT2D eigenvalue weighted by Gasteiger charge is 2.39. The van der Waals surface area contributed by atoms with E-state index in [-0.39, 0.29) is 11.5 Å². The van der Waals surface area contributed by atoms with E-state index in [2.05, 4.69) is 25.0 Å². The molecule has 2 aliphatic rings. The maximum atomic E-state index is 5.41. The summed E-state index contributed by atoms with van der Waals surface area (Å²) in [5.74, 6) is 0. The lowest BCUT2D eigenvalue weighted by Gasteiger charge is -2.41. The van der Waals surface area contributed by atoms with Crippen LogP contribution >= 0.6 is 11.8 Å². The number of rotatable bonds is 3. The SMILES string of the molecule is C=COCC1N=C(SC)C=CC12CCCCC2. The zero-order chi connectivity index (χ0) is 12.1. The van der Waals surface area contributed by atoms with Crippen molar-refractivity contribution in [1.82, 2.24) is 0 Å². The zero-order valence-corrected chi connectivity index (χ0v) is 11.3. The Morgan fingerprint density at radius 3 is 2.94 bits per heavy atom. The van der Waals surface area contributed by atoms with Crippen LogP contribution in [0.5, 0.6) is 0 Å². The number of ether oxygens (including phenoxy) is 1. The van der Waals surface area contributed by atoms with Crippen LogP contribution in [0.15, 0.2) is 30.0 Å². The number of hydrogen-bond acceptors (Lipinski definition) is 3. The van der Waals surface area contributed by atoms with Gasteiger partial charge in [0.2, 0.25) is 0 Å². The van der Waals surface area contributed by atoms with Gasteiger partial charge in [-0.25, -0.2) is 0 Å². The fraction of sp³-hybridized carbons (Fsp3) is 0.643. The van der Waals surface area contributed by atoms with E-state index in [1.807, 2.05) is 0 Å². The van der Waals surface area contributed by atoms with Gasteiger partial charge in [0.1, 0.15) is 6.61 Å². The highest BCUT2D eigenvalue weighted by Crippen LogP contribution is 2.44. The molecule has 0 aromatic carbocycles. The molecule has 3 heteroatoms. The summed E-state index contributed by atoms with van der Waals surface area (Å²) in [5.41, 5.74) is 0.250. The third kappa shape index (κ3) is 2.76. The Morgan fingerprint density at radius 2 is 2.29 bits per heavy atom. The largest absolute Gasteiger partial charge is 0.500 e. The van der Waals surface area contributed by atoms with Gasteiger partial charge in [-0.2, -0.15) is 0 Å². The van der Waals surface area contributed by atoms with Crippen molar-refractivity contribution >= 4 is 16.8 Å². The second-order valence-electron chi connectivity index (χ2n) is 4.81. The highest BCUT2D eigenvalue weighted by atomic mass is 32.2. The van der Waals surface area contributed by atoms with Crippen molar-refractivity contribution < 1.29 is 4.74 Å². The average molecular weight is 251 g/mol. The van der Waals surface area contributed by atoms with Gasteiger partial charge in [0.25, 0.3) is 0 Å². The van der Waals surface area contributed by atoms with E-state index in [1.54, 1.807) is 11.8 Å². The average Bonchev–Trinajstić information content (AvgIpc) is 2.39. The molecular formula is C14H21NOS. The number of dihydropyridines is 1. The molecule has 0 radical (unpaired) electrons. The van der Waals surface area contributed by atoms with Crippen LogP contribution in [0, 0.1) is 5.41 Å². The van der Waals surface area contributed by atoms with Crippen molar-refractivity contribution in [2.75, 3.05) is 12.9 Å². The van der Waals surface area contributed by atoms with E-state index in [0.29, 0.717) is 6.61 Å². The Bertz CT molecular complexity index is 329. The van der Waals surface area contributed by atoms with Gasteiger partial charge in [-0.3, -0.25) is 4.99 Å². The summed E-state index contributed by atoms with van der Waals surface area (Å²) in [6, 6.07) is 0.272. The van der Waals surface area contributed by atoms with E-state index in [4.69, 9.17) is 9.73 Å². The lowest BCUT2D eigenvalue weighted by molar-refractivity contribution is 0.131. The third-order valence-electron chi connectivity index (χ3n) is 3.87. The van der Waals surface area contributed by atoms with Gasteiger partial charge in [-0.05, 0) is 25.2 Å². The van der Waals surface area contributed by atoms with E-state index >= 15 is 0 Å². The molecule has 2 rings (SSSR count).